The lowest BCUT2D eigenvalue weighted by Crippen LogP contribution is -2.47. The fourth-order valence-corrected chi connectivity index (χ4v) is 4.22. The molecule has 1 aliphatic rings. The molecule has 6 nitrogen and oxygen atoms in total. The number of likely N-dealkylation sites (tertiary alicyclic amines) is 1. The van der Waals surface area contributed by atoms with Gasteiger partial charge in [-0.3, -0.25) is 0 Å². The van der Waals surface area contributed by atoms with E-state index in [2.05, 4.69) is 36.2 Å². The molecule has 188 valence electrons. The van der Waals surface area contributed by atoms with Crippen molar-refractivity contribution in [3.8, 4) is 11.5 Å². The van der Waals surface area contributed by atoms with E-state index in [0.717, 1.165) is 31.7 Å². The quantitative estimate of drug-likeness (QED) is 0.394. The number of benzene rings is 2. The highest BCUT2D eigenvalue weighted by atomic mass is 35.5. The number of hydrogen-bond donors (Lipinski definition) is 3. The number of rotatable bonds is 12. The Balaban J connectivity index is 1.28. The molecule has 0 amide bonds. The predicted molar refractivity (Wildman–Crippen MR) is 137 cm³/mol. The standard InChI is InChI=1S/C26H36Cl2N2O4/c1-18(2)19-3-5-23(6-4-19)33-16-21(31)14-29-20-9-11-30(12-10-20)15-22(32)17-34-24-7-8-25(27)26(28)13-24/h3-8,13,18,20-22,29,31-32H,9-12,14-17H2,1-2H3/t21-,22+/m0/s1. The highest BCUT2D eigenvalue weighted by Gasteiger charge is 2.22. The monoisotopic (exact) mass is 510 g/mol. The molecule has 0 aliphatic carbocycles. The maximum absolute atomic E-state index is 10.3. The number of nitrogens with zero attached hydrogens (tertiary/aromatic N) is 1. The smallest absolute Gasteiger partial charge is 0.121 e. The van der Waals surface area contributed by atoms with E-state index >= 15 is 0 Å². The van der Waals surface area contributed by atoms with Crippen LogP contribution in [0.3, 0.4) is 0 Å². The van der Waals surface area contributed by atoms with E-state index in [-0.39, 0.29) is 13.2 Å². The van der Waals surface area contributed by atoms with E-state index in [1.165, 1.54) is 5.56 Å². The van der Waals surface area contributed by atoms with Crippen molar-refractivity contribution in [3.63, 3.8) is 0 Å². The van der Waals surface area contributed by atoms with Crippen molar-refractivity contribution in [1.29, 1.82) is 0 Å². The van der Waals surface area contributed by atoms with Gasteiger partial charge >= 0.3 is 0 Å². The van der Waals surface area contributed by atoms with Gasteiger partial charge in [0.05, 0.1) is 10.0 Å². The summed E-state index contributed by atoms with van der Waals surface area (Å²) in [6.45, 7) is 7.60. The Morgan fingerprint density at radius 3 is 2.18 bits per heavy atom. The first kappa shape index (κ1) is 27.1. The van der Waals surface area contributed by atoms with Crippen LogP contribution >= 0.6 is 23.2 Å². The Bertz CT molecular complexity index is 874. The molecule has 0 aromatic heterocycles. The molecule has 3 rings (SSSR count). The molecule has 0 radical (unpaired) electrons. The molecule has 1 heterocycles. The lowest BCUT2D eigenvalue weighted by molar-refractivity contribution is 0.0556. The van der Waals surface area contributed by atoms with E-state index in [0.29, 0.717) is 40.8 Å². The SMILES string of the molecule is CC(C)c1ccc(OC[C@@H](O)CNC2CCN(C[C@@H](O)COc3ccc(Cl)c(Cl)c3)CC2)cc1. The first-order valence-electron chi connectivity index (χ1n) is 11.9. The third-order valence-electron chi connectivity index (χ3n) is 6.02. The highest BCUT2D eigenvalue weighted by Crippen LogP contribution is 2.26. The molecule has 3 N–H and O–H groups in total. The topological polar surface area (TPSA) is 74.2 Å². The molecule has 0 saturated carbocycles. The summed E-state index contributed by atoms with van der Waals surface area (Å²) < 4.78 is 11.3. The van der Waals surface area contributed by atoms with Crippen LogP contribution in [0, 0.1) is 0 Å². The first-order valence-corrected chi connectivity index (χ1v) is 12.7. The Morgan fingerprint density at radius 1 is 0.912 bits per heavy atom. The van der Waals surface area contributed by atoms with Gasteiger partial charge in [-0.1, -0.05) is 49.2 Å². The normalized spacial score (nSPS) is 17.0. The van der Waals surface area contributed by atoms with Gasteiger partial charge in [0, 0.05) is 25.2 Å². The highest BCUT2D eigenvalue weighted by molar-refractivity contribution is 6.42. The lowest BCUT2D eigenvalue weighted by Gasteiger charge is -2.33. The van der Waals surface area contributed by atoms with Crippen LogP contribution < -0.4 is 14.8 Å². The molecule has 1 saturated heterocycles. The minimum Gasteiger partial charge on any atom is -0.491 e. The van der Waals surface area contributed by atoms with Crippen molar-refractivity contribution in [2.45, 2.75) is 50.9 Å². The molecule has 34 heavy (non-hydrogen) atoms. The zero-order chi connectivity index (χ0) is 24.5. The van der Waals surface area contributed by atoms with Gasteiger partial charge in [0.15, 0.2) is 0 Å². The minimum atomic E-state index is -0.590. The summed E-state index contributed by atoms with van der Waals surface area (Å²) in [7, 11) is 0. The van der Waals surface area contributed by atoms with Gasteiger partial charge in [0.25, 0.3) is 0 Å². The zero-order valence-electron chi connectivity index (χ0n) is 19.9. The van der Waals surface area contributed by atoms with E-state index in [1.54, 1.807) is 18.2 Å². The molecule has 2 atom stereocenters. The average Bonchev–Trinajstić information content (AvgIpc) is 2.83. The molecule has 1 fully saturated rings. The fourth-order valence-electron chi connectivity index (χ4n) is 3.93. The maximum atomic E-state index is 10.3. The van der Waals surface area contributed by atoms with Crippen molar-refractivity contribution >= 4 is 23.2 Å². The fraction of sp³-hybridized carbons (Fsp3) is 0.538. The number of β-amino-alcohol motifs (C(OH)–C–C–N with tert-alkyl or cyclic N) is 1. The van der Waals surface area contributed by atoms with E-state index in [4.69, 9.17) is 32.7 Å². The number of ether oxygens (including phenoxy) is 2. The van der Waals surface area contributed by atoms with Crippen molar-refractivity contribution in [1.82, 2.24) is 10.2 Å². The number of aliphatic hydroxyl groups excluding tert-OH is 2. The number of nitrogens with one attached hydrogen (secondary N) is 1. The van der Waals surface area contributed by atoms with Crippen molar-refractivity contribution in [3.05, 3.63) is 58.1 Å². The van der Waals surface area contributed by atoms with Crippen molar-refractivity contribution in [2.75, 3.05) is 39.4 Å². The maximum Gasteiger partial charge on any atom is 0.121 e. The van der Waals surface area contributed by atoms with Gasteiger partial charge in [-0.2, -0.15) is 0 Å². The Morgan fingerprint density at radius 2 is 1.53 bits per heavy atom. The van der Waals surface area contributed by atoms with Crippen LogP contribution in [0.15, 0.2) is 42.5 Å². The summed E-state index contributed by atoms with van der Waals surface area (Å²) in [5, 5.41) is 25.0. The summed E-state index contributed by atoms with van der Waals surface area (Å²) in [5.74, 6) is 1.85. The Kier molecular flexibility index (Phi) is 10.8. The van der Waals surface area contributed by atoms with Crippen LogP contribution in [-0.4, -0.2) is 72.8 Å². The van der Waals surface area contributed by atoms with E-state index < -0.39 is 12.2 Å². The molecule has 2 aromatic rings. The van der Waals surface area contributed by atoms with Crippen LogP contribution in [0.25, 0.3) is 0 Å². The summed E-state index contributed by atoms with van der Waals surface area (Å²) in [4.78, 5) is 2.24. The van der Waals surface area contributed by atoms with Gasteiger partial charge in [0.1, 0.15) is 36.9 Å². The second kappa shape index (κ2) is 13.5. The van der Waals surface area contributed by atoms with Crippen LogP contribution in [0.5, 0.6) is 11.5 Å². The minimum absolute atomic E-state index is 0.197. The van der Waals surface area contributed by atoms with Crippen LogP contribution in [0.2, 0.25) is 10.0 Å². The van der Waals surface area contributed by atoms with Crippen molar-refractivity contribution < 1.29 is 19.7 Å². The molecule has 0 spiro atoms. The summed E-state index contributed by atoms with van der Waals surface area (Å²) in [6.07, 6.45) is 0.769. The average molecular weight is 511 g/mol. The largest absolute Gasteiger partial charge is 0.491 e. The summed E-state index contributed by atoms with van der Waals surface area (Å²) >= 11 is 11.9. The van der Waals surface area contributed by atoms with E-state index in [9.17, 15) is 10.2 Å². The molecule has 0 unspecified atom stereocenters. The van der Waals surface area contributed by atoms with Crippen LogP contribution in [0.4, 0.5) is 0 Å². The number of aliphatic hydroxyl groups is 2. The molecule has 1 aliphatic heterocycles. The van der Waals surface area contributed by atoms with E-state index in [1.807, 2.05) is 12.1 Å². The molecular formula is C26H36Cl2N2O4. The molecule has 0 bridgehead atoms. The van der Waals surface area contributed by atoms with Crippen LogP contribution in [-0.2, 0) is 0 Å². The number of halogens is 2. The van der Waals surface area contributed by atoms with Gasteiger partial charge in [-0.05, 0) is 61.7 Å². The summed E-state index contributed by atoms with van der Waals surface area (Å²) in [5.41, 5.74) is 1.27. The third-order valence-corrected chi connectivity index (χ3v) is 6.76. The first-order chi connectivity index (χ1) is 16.3. The third kappa shape index (κ3) is 8.91. The Labute approximate surface area is 212 Å². The lowest BCUT2D eigenvalue weighted by atomic mass is 10.0. The second-order valence-electron chi connectivity index (χ2n) is 9.21. The Hall–Kier alpha value is -1.54. The molecule has 2 aromatic carbocycles. The predicted octanol–water partition coefficient (Wildman–Crippen LogP) is 4.35. The molecule has 8 heteroatoms. The number of piperidine rings is 1. The number of hydrogen-bond acceptors (Lipinski definition) is 6. The van der Waals surface area contributed by atoms with Crippen LogP contribution in [0.1, 0.15) is 38.2 Å². The van der Waals surface area contributed by atoms with Gasteiger partial charge in [-0.15, -0.1) is 0 Å². The van der Waals surface area contributed by atoms with Crippen molar-refractivity contribution in [2.24, 2.45) is 0 Å². The molecular weight excluding hydrogens is 475 g/mol. The van der Waals surface area contributed by atoms with Gasteiger partial charge in [0.2, 0.25) is 0 Å². The van der Waals surface area contributed by atoms with Gasteiger partial charge in [-0.25, -0.2) is 0 Å². The second-order valence-corrected chi connectivity index (χ2v) is 10.0. The van der Waals surface area contributed by atoms with Gasteiger partial charge < -0.3 is 29.9 Å². The zero-order valence-corrected chi connectivity index (χ0v) is 21.4. The summed E-state index contributed by atoms with van der Waals surface area (Å²) in [6, 6.07) is 13.4.